The van der Waals surface area contributed by atoms with Gasteiger partial charge in [0.15, 0.2) is 0 Å². The van der Waals surface area contributed by atoms with Gasteiger partial charge in [-0.1, -0.05) is 60.6 Å². The number of hydrogen-bond acceptors (Lipinski definition) is 3. The van der Waals surface area contributed by atoms with E-state index in [1.54, 1.807) is 5.57 Å². The van der Waals surface area contributed by atoms with Crippen LogP contribution in [0.3, 0.4) is 0 Å². The van der Waals surface area contributed by atoms with E-state index in [-0.39, 0.29) is 22.8 Å². The molecule has 2 N–H and O–H groups in total. The minimum atomic E-state index is -0.00479. The van der Waals surface area contributed by atoms with Crippen LogP contribution >= 0.6 is 0 Å². The predicted molar refractivity (Wildman–Crippen MR) is 169 cm³/mol. The molecule has 0 aliphatic heterocycles. The summed E-state index contributed by atoms with van der Waals surface area (Å²) in [5, 5.41) is 0. The maximum absolute atomic E-state index is 12.4. The number of esters is 1. The molecular formula is C38H61NO2. The summed E-state index contributed by atoms with van der Waals surface area (Å²) < 4.78 is 5.35. The van der Waals surface area contributed by atoms with Gasteiger partial charge in [-0.05, 0) is 152 Å². The Morgan fingerprint density at radius 3 is 2.34 bits per heavy atom. The maximum Gasteiger partial charge on any atom is 0.309 e. The monoisotopic (exact) mass is 563 g/mol. The second-order valence-corrected chi connectivity index (χ2v) is 17.4. The minimum Gasteiger partial charge on any atom is -0.466 e. The Labute approximate surface area is 251 Å². The number of ether oxygens (including phenoxy) is 1. The summed E-state index contributed by atoms with van der Waals surface area (Å²) in [6, 6.07) is 0. The van der Waals surface area contributed by atoms with Crippen molar-refractivity contribution in [3.05, 3.63) is 23.3 Å². The van der Waals surface area contributed by atoms with Gasteiger partial charge in [-0.2, -0.15) is 0 Å². The van der Waals surface area contributed by atoms with Gasteiger partial charge in [-0.25, -0.2) is 0 Å². The summed E-state index contributed by atoms with van der Waals surface area (Å²) in [6.07, 6.45) is 19.8. The van der Waals surface area contributed by atoms with Crippen molar-refractivity contribution in [1.29, 1.82) is 0 Å². The van der Waals surface area contributed by atoms with Crippen molar-refractivity contribution in [2.45, 2.75) is 138 Å². The zero-order chi connectivity index (χ0) is 29.6. The molecule has 0 aromatic heterocycles. The minimum absolute atomic E-state index is 0.00479. The molecule has 0 saturated heterocycles. The molecule has 6 rings (SSSR count). The predicted octanol–water partition coefficient (Wildman–Crippen LogP) is 9.26. The Morgan fingerprint density at radius 2 is 1.68 bits per heavy atom. The van der Waals surface area contributed by atoms with Gasteiger partial charge in [-0.3, -0.25) is 4.79 Å². The summed E-state index contributed by atoms with van der Waals surface area (Å²) in [5.41, 5.74) is 11.8. The van der Waals surface area contributed by atoms with E-state index in [4.69, 9.17) is 10.5 Å². The second-order valence-electron chi connectivity index (χ2n) is 17.4. The van der Waals surface area contributed by atoms with Crippen molar-refractivity contribution in [3.8, 4) is 0 Å². The first kappa shape index (κ1) is 30.0. The molecule has 10 atom stereocenters. The third-order valence-corrected chi connectivity index (χ3v) is 15.4. The molecule has 41 heavy (non-hydrogen) atoms. The van der Waals surface area contributed by atoms with Crippen molar-refractivity contribution >= 4 is 5.97 Å². The Morgan fingerprint density at radius 1 is 0.927 bits per heavy atom. The van der Waals surface area contributed by atoms with Gasteiger partial charge in [0, 0.05) is 5.54 Å². The molecule has 0 bridgehead atoms. The molecule has 6 aliphatic rings. The largest absolute Gasteiger partial charge is 0.466 e. The summed E-state index contributed by atoms with van der Waals surface area (Å²) in [6.45, 7) is 20.6. The van der Waals surface area contributed by atoms with Crippen LogP contribution in [-0.4, -0.2) is 18.1 Å². The molecule has 4 fully saturated rings. The van der Waals surface area contributed by atoms with E-state index in [9.17, 15) is 4.79 Å². The highest BCUT2D eigenvalue weighted by molar-refractivity contribution is 5.73. The molecule has 0 amide bonds. The van der Waals surface area contributed by atoms with Gasteiger partial charge < -0.3 is 10.5 Å². The highest BCUT2D eigenvalue weighted by atomic mass is 16.5. The van der Waals surface area contributed by atoms with E-state index in [1.807, 2.05) is 6.92 Å². The zero-order valence-electron chi connectivity index (χ0n) is 27.8. The first-order chi connectivity index (χ1) is 19.2. The van der Waals surface area contributed by atoms with Gasteiger partial charge in [-0.15, -0.1) is 0 Å². The summed E-state index contributed by atoms with van der Waals surface area (Å²) in [5.74, 6) is 4.60. The lowest BCUT2D eigenvalue weighted by molar-refractivity contribution is -0.221. The first-order valence-corrected chi connectivity index (χ1v) is 17.6. The fourth-order valence-electron chi connectivity index (χ4n) is 13.2. The number of rotatable bonds is 4. The van der Waals surface area contributed by atoms with Crippen molar-refractivity contribution in [2.75, 3.05) is 6.61 Å². The lowest BCUT2D eigenvalue weighted by Crippen LogP contribution is -2.67. The van der Waals surface area contributed by atoms with Crippen LogP contribution in [-0.2, 0) is 9.53 Å². The van der Waals surface area contributed by atoms with Crippen LogP contribution in [0.2, 0.25) is 0 Å². The molecule has 0 aromatic rings. The third kappa shape index (κ3) is 4.16. The van der Waals surface area contributed by atoms with Crippen LogP contribution in [0.1, 0.15) is 132 Å². The Balaban J connectivity index is 1.29. The van der Waals surface area contributed by atoms with Crippen molar-refractivity contribution < 1.29 is 9.53 Å². The van der Waals surface area contributed by atoms with Crippen molar-refractivity contribution in [2.24, 2.45) is 68.8 Å². The Kier molecular flexibility index (Phi) is 7.28. The summed E-state index contributed by atoms with van der Waals surface area (Å²) in [7, 11) is 0. The molecule has 3 heteroatoms. The van der Waals surface area contributed by atoms with Crippen LogP contribution < -0.4 is 5.73 Å². The standard InChI is InChI=1S/C38H61NO2/c1-9-41-33(40)26-12-10-25(11-13-26)28-17-19-35(6)30(34(28,4)5)18-20-37(8)31(35)15-14-29-32-27(24(2)3)16-21-38(32,39)23-22-36(29,37)7/h10,17,24,26-27,29-32H,9,11-16,18-23,39H2,1-8H3/t26?,27-,29+,30-,31+,32+,35-,36+,37+,38-/m0/s1. The number of carbonyl (C=O) groups excluding carboxylic acids is 1. The van der Waals surface area contributed by atoms with Gasteiger partial charge in [0.2, 0.25) is 0 Å². The van der Waals surface area contributed by atoms with E-state index in [0.717, 1.165) is 48.9 Å². The zero-order valence-corrected chi connectivity index (χ0v) is 27.8. The highest BCUT2D eigenvalue weighted by Crippen LogP contribution is 2.76. The molecule has 6 aliphatic carbocycles. The summed E-state index contributed by atoms with van der Waals surface area (Å²) in [4.78, 5) is 12.4. The van der Waals surface area contributed by atoms with Gasteiger partial charge >= 0.3 is 5.97 Å². The Bertz CT molecular complexity index is 1120. The van der Waals surface area contributed by atoms with E-state index in [2.05, 4.69) is 60.6 Å². The molecule has 1 unspecified atom stereocenters. The number of fused-ring (bicyclic) bond motifs is 7. The molecule has 0 heterocycles. The molecule has 0 aromatic carbocycles. The van der Waals surface area contributed by atoms with Crippen LogP contribution in [0.4, 0.5) is 0 Å². The lowest BCUT2D eigenvalue weighted by Gasteiger charge is -2.72. The smallest absolute Gasteiger partial charge is 0.309 e. The molecule has 3 nitrogen and oxygen atoms in total. The number of allylic oxidation sites excluding steroid dienone is 4. The average Bonchev–Trinajstić information content (AvgIpc) is 3.27. The second kappa shape index (κ2) is 9.97. The molecule has 230 valence electrons. The maximum atomic E-state index is 12.4. The lowest BCUT2D eigenvalue weighted by atomic mass is 9.33. The fourth-order valence-corrected chi connectivity index (χ4v) is 13.2. The van der Waals surface area contributed by atoms with Crippen LogP contribution in [0.15, 0.2) is 23.3 Å². The number of carbonyl (C=O) groups is 1. The SMILES string of the molecule is CCOC(=O)C1CC=C(C2=CC[C@]3(C)[C@H]4CC[C@@H]5[C@H]6[C@H](C(C)C)CC[C@]6(N)CC[C@@]5(C)[C@]4(C)CC[C@H]3C2(C)C)CC1. The van der Waals surface area contributed by atoms with Gasteiger partial charge in [0.25, 0.3) is 0 Å². The molecule has 0 spiro atoms. The normalized spacial score (nSPS) is 48.7. The van der Waals surface area contributed by atoms with E-state index >= 15 is 0 Å². The Hall–Kier alpha value is -1.09. The average molecular weight is 564 g/mol. The number of nitrogens with two attached hydrogens (primary N) is 1. The summed E-state index contributed by atoms with van der Waals surface area (Å²) >= 11 is 0. The highest BCUT2D eigenvalue weighted by Gasteiger charge is 2.70. The number of hydrogen-bond donors (Lipinski definition) is 1. The third-order valence-electron chi connectivity index (χ3n) is 15.4. The van der Waals surface area contributed by atoms with E-state index < -0.39 is 0 Å². The quantitative estimate of drug-likeness (QED) is 0.347. The van der Waals surface area contributed by atoms with Crippen LogP contribution in [0.25, 0.3) is 0 Å². The topological polar surface area (TPSA) is 52.3 Å². The van der Waals surface area contributed by atoms with Crippen LogP contribution in [0, 0.1) is 63.1 Å². The van der Waals surface area contributed by atoms with E-state index in [1.165, 1.54) is 63.4 Å². The first-order valence-electron chi connectivity index (χ1n) is 17.6. The van der Waals surface area contributed by atoms with Gasteiger partial charge in [0.1, 0.15) is 0 Å². The van der Waals surface area contributed by atoms with Crippen molar-refractivity contribution in [1.82, 2.24) is 0 Å². The molecule has 0 radical (unpaired) electrons. The van der Waals surface area contributed by atoms with E-state index in [0.29, 0.717) is 28.8 Å². The fraction of sp³-hybridized carbons (Fsp3) is 0.868. The molecule has 4 saturated carbocycles. The molecular weight excluding hydrogens is 502 g/mol. The van der Waals surface area contributed by atoms with Gasteiger partial charge in [0.05, 0.1) is 12.5 Å². The van der Waals surface area contributed by atoms with Crippen LogP contribution in [0.5, 0.6) is 0 Å². The van der Waals surface area contributed by atoms with Crippen molar-refractivity contribution in [3.63, 3.8) is 0 Å².